The number of hydrogen-bond acceptors (Lipinski definition) is 4. The second-order valence-corrected chi connectivity index (χ2v) is 4.82. The molecule has 3 rings (SSSR count). The minimum atomic E-state index is -0.646. The number of carbonyl (C=O) groups is 3. The topological polar surface area (TPSA) is 87.7 Å². The standard InChI is InChI=1S/C16H13N3O4/c20-14-10-19(16(22)17-14)18-15(21)11-6-8-13(9-7-11)23-12-4-2-1-3-5-12/h1-9H,10H2,(H,18,21)(H,17,20,22). The Hall–Kier alpha value is -3.35. The van der Waals surface area contributed by atoms with Gasteiger partial charge >= 0.3 is 6.03 Å². The summed E-state index contributed by atoms with van der Waals surface area (Å²) in [6.07, 6.45) is 0. The summed E-state index contributed by atoms with van der Waals surface area (Å²) in [6.45, 7) is -0.195. The zero-order chi connectivity index (χ0) is 16.2. The molecule has 0 radical (unpaired) electrons. The molecule has 0 atom stereocenters. The molecule has 1 fully saturated rings. The monoisotopic (exact) mass is 311 g/mol. The molecule has 0 aromatic heterocycles. The molecule has 23 heavy (non-hydrogen) atoms. The van der Waals surface area contributed by atoms with Gasteiger partial charge in [0.25, 0.3) is 5.91 Å². The van der Waals surface area contributed by atoms with E-state index in [1.807, 2.05) is 30.3 Å². The number of nitrogens with zero attached hydrogens (tertiary/aromatic N) is 1. The van der Waals surface area contributed by atoms with E-state index in [0.717, 1.165) is 5.01 Å². The van der Waals surface area contributed by atoms with E-state index in [2.05, 4.69) is 10.7 Å². The van der Waals surface area contributed by atoms with Crippen molar-refractivity contribution in [3.8, 4) is 11.5 Å². The van der Waals surface area contributed by atoms with Crippen LogP contribution in [-0.2, 0) is 4.79 Å². The van der Waals surface area contributed by atoms with E-state index in [-0.39, 0.29) is 6.54 Å². The van der Waals surface area contributed by atoms with E-state index in [4.69, 9.17) is 4.74 Å². The van der Waals surface area contributed by atoms with Gasteiger partial charge in [0.15, 0.2) is 0 Å². The second kappa shape index (κ2) is 6.18. The Morgan fingerprint density at radius 3 is 2.26 bits per heavy atom. The Bertz CT molecular complexity index is 744. The van der Waals surface area contributed by atoms with Crippen LogP contribution in [0.4, 0.5) is 4.79 Å². The molecular formula is C16H13N3O4. The van der Waals surface area contributed by atoms with E-state index in [1.165, 1.54) is 0 Å². The van der Waals surface area contributed by atoms with Crippen LogP contribution in [0.1, 0.15) is 10.4 Å². The van der Waals surface area contributed by atoms with Crippen molar-refractivity contribution in [2.75, 3.05) is 6.54 Å². The number of carbonyl (C=O) groups excluding carboxylic acids is 3. The fourth-order valence-electron chi connectivity index (χ4n) is 2.02. The molecule has 1 heterocycles. The smallest absolute Gasteiger partial charge is 0.343 e. The maximum atomic E-state index is 12.0. The number of nitrogens with one attached hydrogen (secondary N) is 2. The fourth-order valence-corrected chi connectivity index (χ4v) is 2.02. The molecular weight excluding hydrogens is 298 g/mol. The normalized spacial score (nSPS) is 13.7. The molecule has 1 aliphatic rings. The highest BCUT2D eigenvalue weighted by molar-refractivity contribution is 6.04. The highest BCUT2D eigenvalue weighted by Crippen LogP contribution is 2.21. The Morgan fingerprint density at radius 1 is 1.00 bits per heavy atom. The van der Waals surface area contributed by atoms with Gasteiger partial charge in [0.1, 0.15) is 18.0 Å². The number of imide groups is 1. The number of ether oxygens (including phenoxy) is 1. The maximum absolute atomic E-state index is 12.0. The molecule has 4 amide bonds. The van der Waals surface area contributed by atoms with E-state index in [9.17, 15) is 14.4 Å². The summed E-state index contributed by atoms with van der Waals surface area (Å²) in [5, 5.41) is 3.00. The Kier molecular flexibility index (Phi) is 3.92. The number of benzene rings is 2. The molecule has 1 saturated heterocycles. The van der Waals surface area contributed by atoms with E-state index in [1.54, 1.807) is 24.3 Å². The summed E-state index contributed by atoms with van der Waals surface area (Å²) < 4.78 is 5.63. The predicted octanol–water partition coefficient (Wildman–Crippen LogP) is 1.68. The summed E-state index contributed by atoms with van der Waals surface area (Å²) in [5.74, 6) is 0.335. The quantitative estimate of drug-likeness (QED) is 0.841. The van der Waals surface area contributed by atoms with Crippen molar-refractivity contribution in [2.24, 2.45) is 0 Å². The van der Waals surface area contributed by atoms with Crippen molar-refractivity contribution in [3.63, 3.8) is 0 Å². The van der Waals surface area contributed by atoms with Gasteiger partial charge < -0.3 is 4.74 Å². The molecule has 0 unspecified atom stereocenters. The second-order valence-electron chi connectivity index (χ2n) is 4.82. The minimum absolute atomic E-state index is 0.195. The van der Waals surface area contributed by atoms with Gasteiger partial charge in [-0.3, -0.25) is 20.3 Å². The Morgan fingerprint density at radius 2 is 1.65 bits per heavy atom. The number of amides is 4. The lowest BCUT2D eigenvalue weighted by atomic mass is 10.2. The first-order valence-electron chi connectivity index (χ1n) is 6.87. The summed E-state index contributed by atoms with van der Waals surface area (Å²) in [5.41, 5.74) is 2.71. The average Bonchev–Trinajstić information content (AvgIpc) is 2.86. The van der Waals surface area contributed by atoms with Crippen LogP contribution in [0, 0.1) is 0 Å². The number of rotatable bonds is 4. The van der Waals surface area contributed by atoms with Crippen LogP contribution in [0.5, 0.6) is 11.5 Å². The van der Waals surface area contributed by atoms with Gasteiger partial charge in [-0.05, 0) is 36.4 Å². The van der Waals surface area contributed by atoms with E-state index in [0.29, 0.717) is 17.1 Å². The van der Waals surface area contributed by atoms with Crippen LogP contribution in [0.25, 0.3) is 0 Å². The highest BCUT2D eigenvalue weighted by atomic mass is 16.5. The summed E-state index contributed by atoms with van der Waals surface area (Å²) in [4.78, 5) is 34.5. The van der Waals surface area contributed by atoms with Crippen molar-refractivity contribution in [3.05, 3.63) is 60.2 Å². The molecule has 2 N–H and O–H groups in total. The lowest BCUT2D eigenvalue weighted by molar-refractivity contribution is -0.118. The first-order chi connectivity index (χ1) is 11.1. The third kappa shape index (κ3) is 3.46. The van der Waals surface area contributed by atoms with Crippen LogP contribution in [0.2, 0.25) is 0 Å². The predicted molar refractivity (Wildman–Crippen MR) is 80.7 cm³/mol. The zero-order valence-electron chi connectivity index (χ0n) is 12.0. The molecule has 7 nitrogen and oxygen atoms in total. The van der Waals surface area contributed by atoms with Gasteiger partial charge in [0.05, 0.1) is 0 Å². The van der Waals surface area contributed by atoms with Crippen molar-refractivity contribution in [1.29, 1.82) is 0 Å². The molecule has 0 saturated carbocycles. The van der Waals surface area contributed by atoms with Crippen LogP contribution < -0.4 is 15.5 Å². The van der Waals surface area contributed by atoms with Crippen molar-refractivity contribution in [1.82, 2.24) is 15.8 Å². The first-order valence-corrected chi connectivity index (χ1v) is 6.87. The average molecular weight is 311 g/mol. The van der Waals surface area contributed by atoms with Crippen LogP contribution in [0.3, 0.4) is 0 Å². The van der Waals surface area contributed by atoms with Crippen molar-refractivity contribution < 1.29 is 19.1 Å². The lowest BCUT2D eigenvalue weighted by Gasteiger charge is -2.14. The van der Waals surface area contributed by atoms with Crippen LogP contribution in [0.15, 0.2) is 54.6 Å². The molecule has 2 aromatic carbocycles. The Balaban J connectivity index is 1.64. The van der Waals surface area contributed by atoms with Gasteiger partial charge in [0.2, 0.25) is 5.91 Å². The van der Waals surface area contributed by atoms with Gasteiger partial charge in [-0.15, -0.1) is 0 Å². The van der Waals surface area contributed by atoms with Crippen molar-refractivity contribution >= 4 is 17.8 Å². The van der Waals surface area contributed by atoms with Crippen LogP contribution >= 0.6 is 0 Å². The fraction of sp³-hybridized carbons (Fsp3) is 0.0625. The summed E-state index contributed by atoms with van der Waals surface area (Å²) in [7, 11) is 0. The largest absolute Gasteiger partial charge is 0.457 e. The molecule has 0 bridgehead atoms. The number of urea groups is 1. The Labute approximate surface area is 131 Å². The SMILES string of the molecule is O=C1CN(NC(=O)c2ccc(Oc3ccccc3)cc2)C(=O)N1. The first kappa shape index (κ1) is 14.6. The number of hydrogen-bond donors (Lipinski definition) is 2. The molecule has 2 aromatic rings. The molecule has 116 valence electrons. The molecule has 7 heteroatoms. The maximum Gasteiger partial charge on any atom is 0.343 e. The lowest BCUT2D eigenvalue weighted by Crippen LogP contribution is -2.44. The highest BCUT2D eigenvalue weighted by Gasteiger charge is 2.28. The number of para-hydroxylation sites is 1. The molecule has 1 aliphatic heterocycles. The van der Waals surface area contributed by atoms with E-state index >= 15 is 0 Å². The van der Waals surface area contributed by atoms with Crippen molar-refractivity contribution in [2.45, 2.75) is 0 Å². The summed E-state index contributed by atoms with van der Waals surface area (Å²) in [6, 6.07) is 15.1. The molecule has 0 aliphatic carbocycles. The minimum Gasteiger partial charge on any atom is -0.457 e. The summed E-state index contributed by atoms with van der Waals surface area (Å²) >= 11 is 0. The van der Waals surface area contributed by atoms with E-state index < -0.39 is 17.8 Å². The van der Waals surface area contributed by atoms with Gasteiger partial charge in [-0.2, -0.15) is 0 Å². The number of hydrazine groups is 1. The third-order valence-corrected chi connectivity index (χ3v) is 3.13. The van der Waals surface area contributed by atoms with Crippen LogP contribution in [-0.4, -0.2) is 29.4 Å². The van der Waals surface area contributed by atoms with Gasteiger partial charge in [0, 0.05) is 5.56 Å². The van der Waals surface area contributed by atoms with Gasteiger partial charge in [-0.25, -0.2) is 9.80 Å². The molecule has 0 spiro atoms. The van der Waals surface area contributed by atoms with Gasteiger partial charge in [-0.1, -0.05) is 18.2 Å². The zero-order valence-corrected chi connectivity index (χ0v) is 12.0. The third-order valence-electron chi connectivity index (χ3n) is 3.13.